The Morgan fingerprint density at radius 1 is 0.433 bits per heavy atom. The summed E-state index contributed by atoms with van der Waals surface area (Å²) in [4.78, 5) is 23.4. The van der Waals surface area contributed by atoms with Gasteiger partial charge in [-0.2, -0.15) is 0 Å². The van der Waals surface area contributed by atoms with Gasteiger partial charge in [-0.25, -0.2) is 0 Å². The van der Waals surface area contributed by atoms with Crippen LogP contribution in [0.2, 0.25) is 0 Å². The molecule has 178 valence electrons. The number of unbranched alkanes of at least 4 members (excludes halogenated alkanes) is 16. The maximum Gasteiger partial charge on any atom is 0.306 e. The van der Waals surface area contributed by atoms with Gasteiger partial charge in [0.2, 0.25) is 0 Å². The monoisotopic (exact) mass is 426 g/mol. The Hall–Kier alpha value is -1.06. The summed E-state index contributed by atoms with van der Waals surface area (Å²) in [6.07, 6.45) is 22.7. The Balaban J connectivity index is 3.30. The Labute approximate surface area is 186 Å². The number of rotatable bonds is 23. The molecule has 0 aliphatic rings. The van der Waals surface area contributed by atoms with E-state index in [0.29, 0.717) is 13.2 Å². The highest BCUT2D eigenvalue weighted by atomic mass is 16.5. The first kappa shape index (κ1) is 28.9. The average Bonchev–Trinajstić information content (AvgIpc) is 2.75. The van der Waals surface area contributed by atoms with Crippen LogP contribution in [0.1, 0.15) is 142 Å². The SMILES string of the molecule is CCCCCCCCCCCCOC(=O)CCC(=O)OCCCCCCCCCC. The molecule has 0 fully saturated rings. The minimum atomic E-state index is -0.283. The van der Waals surface area contributed by atoms with Crippen LogP contribution in [0, 0.1) is 0 Å². The molecule has 30 heavy (non-hydrogen) atoms. The second-order valence-corrected chi connectivity index (χ2v) is 8.60. The minimum absolute atomic E-state index is 0.133. The molecule has 4 nitrogen and oxygen atoms in total. The van der Waals surface area contributed by atoms with Gasteiger partial charge in [-0.15, -0.1) is 0 Å². The van der Waals surface area contributed by atoms with E-state index < -0.39 is 0 Å². The largest absolute Gasteiger partial charge is 0.466 e. The van der Waals surface area contributed by atoms with E-state index in [2.05, 4.69) is 13.8 Å². The molecule has 0 amide bonds. The van der Waals surface area contributed by atoms with Crippen molar-refractivity contribution in [1.29, 1.82) is 0 Å². The summed E-state index contributed by atoms with van der Waals surface area (Å²) in [6, 6.07) is 0. The maximum atomic E-state index is 11.7. The van der Waals surface area contributed by atoms with Crippen LogP contribution in [0.15, 0.2) is 0 Å². The quantitative estimate of drug-likeness (QED) is 0.123. The molecule has 0 aromatic rings. The molecule has 0 unspecified atom stereocenters. The highest BCUT2D eigenvalue weighted by Gasteiger charge is 2.09. The van der Waals surface area contributed by atoms with Gasteiger partial charge in [-0.1, -0.05) is 117 Å². The van der Waals surface area contributed by atoms with E-state index in [1.54, 1.807) is 0 Å². The highest BCUT2D eigenvalue weighted by Crippen LogP contribution is 2.11. The van der Waals surface area contributed by atoms with Crippen molar-refractivity contribution >= 4 is 11.9 Å². The van der Waals surface area contributed by atoms with E-state index in [9.17, 15) is 9.59 Å². The fourth-order valence-corrected chi connectivity index (χ4v) is 3.55. The van der Waals surface area contributed by atoms with Crippen LogP contribution in [0.25, 0.3) is 0 Å². The summed E-state index contributed by atoms with van der Waals surface area (Å²) in [5.74, 6) is -0.566. The lowest BCUT2D eigenvalue weighted by atomic mass is 10.1. The second kappa shape index (κ2) is 24.2. The van der Waals surface area contributed by atoms with Crippen molar-refractivity contribution in [1.82, 2.24) is 0 Å². The lowest BCUT2D eigenvalue weighted by molar-refractivity contribution is -0.150. The molecule has 0 atom stereocenters. The zero-order valence-corrected chi connectivity index (χ0v) is 20.2. The lowest BCUT2D eigenvalue weighted by Crippen LogP contribution is -2.11. The summed E-state index contributed by atoms with van der Waals surface area (Å²) in [6.45, 7) is 5.42. The van der Waals surface area contributed by atoms with Crippen LogP contribution < -0.4 is 0 Å². The van der Waals surface area contributed by atoms with Gasteiger partial charge >= 0.3 is 11.9 Å². The predicted octanol–water partition coefficient (Wildman–Crippen LogP) is 7.91. The van der Waals surface area contributed by atoms with Gasteiger partial charge in [-0.3, -0.25) is 9.59 Å². The zero-order valence-electron chi connectivity index (χ0n) is 20.2. The fraction of sp³-hybridized carbons (Fsp3) is 0.923. The van der Waals surface area contributed by atoms with Crippen molar-refractivity contribution in [3.63, 3.8) is 0 Å². The standard InChI is InChI=1S/C26H50O4/c1-3-5-7-9-11-13-14-16-18-20-24-30-26(28)22-21-25(27)29-23-19-17-15-12-10-8-6-4-2/h3-24H2,1-2H3. The third kappa shape index (κ3) is 23.2. The van der Waals surface area contributed by atoms with Gasteiger partial charge in [0.05, 0.1) is 26.1 Å². The van der Waals surface area contributed by atoms with Gasteiger partial charge in [-0.05, 0) is 12.8 Å². The summed E-state index contributed by atoms with van der Waals surface area (Å²) >= 11 is 0. The zero-order chi connectivity index (χ0) is 22.1. The first-order chi connectivity index (χ1) is 14.7. The number of carbonyl (C=O) groups excluding carboxylic acids is 2. The lowest BCUT2D eigenvalue weighted by Gasteiger charge is -2.06. The highest BCUT2D eigenvalue weighted by molar-refractivity contribution is 5.77. The van der Waals surface area contributed by atoms with E-state index in [-0.39, 0.29) is 24.8 Å². The Morgan fingerprint density at radius 3 is 1.00 bits per heavy atom. The van der Waals surface area contributed by atoms with Crippen molar-refractivity contribution in [2.24, 2.45) is 0 Å². The molecule has 4 heteroatoms. The van der Waals surface area contributed by atoms with Gasteiger partial charge in [0.25, 0.3) is 0 Å². The molecule has 0 heterocycles. The molecule has 0 aromatic carbocycles. The summed E-state index contributed by atoms with van der Waals surface area (Å²) in [5, 5.41) is 0. The first-order valence-electron chi connectivity index (χ1n) is 13.0. The molecule has 0 rings (SSSR count). The van der Waals surface area contributed by atoms with E-state index in [1.165, 1.54) is 89.9 Å². The van der Waals surface area contributed by atoms with Gasteiger partial charge < -0.3 is 9.47 Å². The maximum absolute atomic E-state index is 11.7. The van der Waals surface area contributed by atoms with E-state index in [0.717, 1.165) is 25.7 Å². The van der Waals surface area contributed by atoms with Crippen molar-refractivity contribution in [3.8, 4) is 0 Å². The number of esters is 2. The summed E-state index contributed by atoms with van der Waals surface area (Å²) in [5.41, 5.74) is 0. The fourth-order valence-electron chi connectivity index (χ4n) is 3.55. The Bertz CT molecular complexity index is 381. The van der Waals surface area contributed by atoms with Crippen LogP contribution in [0.3, 0.4) is 0 Å². The van der Waals surface area contributed by atoms with Crippen molar-refractivity contribution in [3.05, 3.63) is 0 Å². The van der Waals surface area contributed by atoms with Gasteiger partial charge in [0.15, 0.2) is 0 Å². The molecule has 0 saturated heterocycles. The van der Waals surface area contributed by atoms with Gasteiger partial charge in [0.1, 0.15) is 0 Å². The normalized spacial score (nSPS) is 10.9. The smallest absolute Gasteiger partial charge is 0.306 e. The predicted molar refractivity (Wildman–Crippen MR) is 126 cm³/mol. The molecule has 0 spiro atoms. The number of hydrogen-bond acceptors (Lipinski definition) is 4. The summed E-state index contributed by atoms with van der Waals surface area (Å²) < 4.78 is 10.4. The molecule has 0 radical (unpaired) electrons. The molecular formula is C26H50O4. The average molecular weight is 427 g/mol. The van der Waals surface area contributed by atoms with Gasteiger partial charge in [0, 0.05) is 0 Å². The van der Waals surface area contributed by atoms with Crippen molar-refractivity contribution in [2.45, 2.75) is 142 Å². The van der Waals surface area contributed by atoms with E-state index >= 15 is 0 Å². The third-order valence-corrected chi connectivity index (χ3v) is 5.56. The molecule has 0 bridgehead atoms. The van der Waals surface area contributed by atoms with Crippen LogP contribution >= 0.6 is 0 Å². The molecule has 0 N–H and O–H groups in total. The third-order valence-electron chi connectivity index (χ3n) is 5.56. The van der Waals surface area contributed by atoms with Crippen LogP contribution in [0.5, 0.6) is 0 Å². The molecular weight excluding hydrogens is 376 g/mol. The van der Waals surface area contributed by atoms with Crippen molar-refractivity contribution in [2.75, 3.05) is 13.2 Å². The Morgan fingerprint density at radius 2 is 0.700 bits per heavy atom. The molecule has 0 aromatic heterocycles. The number of carbonyl (C=O) groups is 2. The number of ether oxygens (including phenoxy) is 2. The Kier molecular flexibility index (Phi) is 23.4. The number of hydrogen-bond donors (Lipinski definition) is 0. The summed E-state index contributed by atoms with van der Waals surface area (Å²) in [7, 11) is 0. The van der Waals surface area contributed by atoms with Crippen LogP contribution in [-0.4, -0.2) is 25.2 Å². The molecule has 0 aliphatic carbocycles. The second-order valence-electron chi connectivity index (χ2n) is 8.60. The van der Waals surface area contributed by atoms with E-state index in [1.807, 2.05) is 0 Å². The van der Waals surface area contributed by atoms with E-state index in [4.69, 9.17) is 9.47 Å². The molecule has 0 aliphatic heterocycles. The van der Waals surface area contributed by atoms with Crippen molar-refractivity contribution < 1.29 is 19.1 Å². The topological polar surface area (TPSA) is 52.6 Å². The van der Waals surface area contributed by atoms with Crippen LogP contribution in [-0.2, 0) is 19.1 Å². The molecule has 0 saturated carbocycles. The first-order valence-corrected chi connectivity index (χ1v) is 13.0. The minimum Gasteiger partial charge on any atom is -0.466 e. The van der Waals surface area contributed by atoms with Crippen LogP contribution in [0.4, 0.5) is 0 Å².